The van der Waals surface area contributed by atoms with Crippen LogP contribution in [0.5, 0.6) is 5.75 Å². The van der Waals surface area contributed by atoms with Crippen LogP contribution in [0.4, 0.5) is 0 Å². The van der Waals surface area contributed by atoms with E-state index < -0.39 is 6.10 Å². The number of fused-ring (bicyclic) bond motifs is 2. The molecular weight excluding hydrogens is 432 g/mol. The average Bonchev–Trinajstić information content (AvgIpc) is 3.35. The van der Waals surface area contributed by atoms with Gasteiger partial charge in [-0.05, 0) is 54.5 Å². The maximum absolute atomic E-state index is 10.7. The van der Waals surface area contributed by atoms with Crippen molar-refractivity contribution < 1.29 is 24.9 Å². The van der Waals surface area contributed by atoms with E-state index in [9.17, 15) is 10.2 Å². The van der Waals surface area contributed by atoms with Gasteiger partial charge in [0.15, 0.2) is 0 Å². The highest BCUT2D eigenvalue weighted by atomic mass is 16.5. The Hall–Kier alpha value is -3.00. The predicted octanol–water partition coefficient (Wildman–Crippen LogP) is 3.35. The standard InChI is InChI=1S/C26H30N2O3.CH2O2/c1-17-6-7-19(12-27-17)26-24-5-3-2-4-18(24)8-9-25(26)31-16-23(30)15-28-13-20-10-22(29)11-21(20)14-28;2-1-3/h2-9,12,20-23,29-30H,10-11,13-16H2,1H3;1H,(H,2,3)/t20-,21+,22?,23?;. The number of carboxylic acid groups (broad SMARTS) is 1. The first-order valence-electron chi connectivity index (χ1n) is 11.7. The van der Waals surface area contributed by atoms with Gasteiger partial charge >= 0.3 is 0 Å². The van der Waals surface area contributed by atoms with E-state index in [0.717, 1.165) is 59.3 Å². The van der Waals surface area contributed by atoms with Crippen LogP contribution in [0.15, 0.2) is 54.7 Å². The number of β-amino-alcohol motifs (C(OH)–C–C–N with tert-alkyl or cyclic N) is 1. The highest BCUT2D eigenvalue weighted by molar-refractivity contribution is 5.99. The van der Waals surface area contributed by atoms with Crippen LogP contribution in [-0.2, 0) is 4.79 Å². The number of aliphatic hydroxyl groups is 2. The summed E-state index contributed by atoms with van der Waals surface area (Å²) in [4.78, 5) is 15.2. The molecule has 1 aromatic heterocycles. The van der Waals surface area contributed by atoms with Gasteiger partial charge in [-0.15, -0.1) is 0 Å². The van der Waals surface area contributed by atoms with Gasteiger partial charge in [-0.25, -0.2) is 0 Å². The number of ether oxygens (including phenoxy) is 1. The van der Waals surface area contributed by atoms with Crippen LogP contribution < -0.4 is 4.74 Å². The van der Waals surface area contributed by atoms with E-state index in [1.807, 2.05) is 37.4 Å². The van der Waals surface area contributed by atoms with Crippen molar-refractivity contribution in [3.63, 3.8) is 0 Å². The summed E-state index contributed by atoms with van der Waals surface area (Å²) in [5.41, 5.74) is 3.00. The Kier molecular flexibility index (Phi) is 7.77. The minimum atomic E-state index is -0.556. The van der Waals surface area contributed by atoms with Gasteiger partial charge in [0.05, 0.1) is 6.10 Å². The third-order valence-corrected chi connectivity index (χ3v) is 6.79. The Bertz CT molecular complexity index is 1090. The zero-order valence-corrected chi connectivity index (χ0v) is 19.4. The maximum Gasteiger partial charge on any atom is 0.290 e. The lowest BCUT2D eigenvalue weighted by molar-refractivity contribution is -0.122. The number of aryl methyl sites for hydroxylation is 1. The molecule has 180 valence electrons. The molecule has 3 N–H and O–H groups in total. The lowest BCUT2D eigenvalue weighted by atomic mass is 9.98. The van der Waals surface area contributed by atoms with Gasteiger partial charge in [0.1, 0.15) is 18.5 Å². The third kappa shape index (κ3) is 5.55. The number of benzene rings is 2. The molecule has 7 heteroatoms. The molecule has 4 atom stereocenters. The van der Waals surface area contributed by atoms with E-state index in [1.165, 1.54) is 0 Å². The van der Waals surface area contributed by atoms with Gasteiger partial charge < -0.3 is 25.0 Å². The number of aromatic nitrogens is 1. The SMILES string of the molecule is Cc1ccc(-c2c(OCC(O)CN3C[C@H]4CC(O)C[C@H]4C3)ccc3ccccc23)cn1.O=CO. The molecule has 1 saturated heterocycles. The van der Waals surface area contributed by atoms with Gasteiger partial charge in [-0.1, -0.05) is 36.4 Å². The largest absolute Gasteiger partial charge is 0.490 e. The van der Waals surface area contributed by atoms with Crippen molar-refractivity contribution in [3.8, 4) is 16.9 Å². The molecular formula is C27H32N2O5. The number of rotatable bonds is 6. The lowest BCUT2D eigenvalue weighted by Gasteiger charge is -2.22. The molecule has 7 nitrogen and oxygen atoms in total. The normalized spacial score (nSPS) is 22.6. The van der Waals surface area contributed by atoms with Crippen molar-refractivity contribution in [2.45, 2.75) is 32.0 Å². The Morgan fingerprint density at radius 3 is 2.50 bits per heavy atom. The molecule has 0 amide bonds. The molecule has 1 aliphatic heterocycles. The van der Waals surface area contributed by atoms with Crippen LogP contribution in [0, 0.1) is 18.8 Å². The van der Waals surface area contributed by atoms with E-state index in [0.29, 0.717) is 18.4 Å². The summed E-state index contributed by atoms with van der Waals surface area (Å²) in [7, 11) is 0. The fourth-order valence-electron chi connectivity index (χ4n) is 5.34. The summed E-state index contributed by atoms with van der Waals surface area (Å²) in [5.74, 6) is 1.92. The highest BCUT2D eigenvalue weighted by Gasteiger charge is 2.40. The summed E-state index contributed by atoms with van der Waals surface area (Å²) in [6.07, 6.45) is 3.00. The molecule has 5 rings (SSSR count). The van der Waals surface area contributed by atoms with Crippen LogP contribution in [0.25, 0.3) is 21.9 Å². The fraction of sp³-hybridized carbons (Fsp3) is 0.407. The lowest BCUT2D eigenvalue weighted by Crippen LogP contribution is -2.35. The topological polar surface area (TPSA) is 103 Å². The van der Waals surface area contributed by atoms with Gasteiger partial charge in [0.2, 0.25) is 0 Å². The first-order valence-corrected chi connectivity index (χ1v) is 11.7. The van der Waals surface area contributed by atoms with E-state index in [-0.39, 0.29) is 19.2 Å². The average molecular weight is 465 g/mol. The molecule has 34 heavy (non-hydrogen) atoms. The minimum absolute atomic E-state index is 0.131. The Morgan fingerprint density at radius 2 is 1.82 bits per heavy atom. The van der Waals surface area contributed by atoms with Crippen LogP contribution in [0.1, 0.15) is 18.5 Å². The van der Waals surface area contributed by atoms with Crippen molar-refractivity contribution >= 4 is 17.2 Å². The second-order valence-electron chi connectivity index (χ2n) is 9.28. The quantitative estimate of drug-likeness (QED) is 0.481. The van der Waals surface area contributed by atoms with E-state index in [4.69, 9.17) is 14.6 Å². The number of hydrogen-bond donors (Lipinski definition) is 3. The van der Waals surface area contributed by atoms with Gasteiger partial charge in [0.25, 0.3) is 6.47 Å². The zero-order chi connectivity index (χ0) is 24.1. The number of likely N-dealkylation sites (tertiary alicyclic amines) is 1. The molecule has 1 aliphatic carbocycles. The van der Waals surface area contributed by atoms with Gasteiger partial charge in [0, 0.05) is 42.7 Å². The van der Waals surface area contributed by atoms with Crippen molar-refractivity contribution in [1.29, 1.82) is 0 Å². The molecule has 0 bridgehead atoms. The molecule has 0 spiro atoms. The van der Waals surface area contributed by atoms with E-state index in [2.05, 4.69) is 34.1 Å². The van der Waals surface area contributed by atoms with Crippen molar-refractivity contribution in [1.82, 2.24) is 9.88 Å². The fourth-order valence-corrected chi connectivity index (χ4v) is 5.34. The monoisotopic (exact) mass is 464 g/mol. The molecule has 3 aromatic rings. The molecule has 1 saturated carbocycles. The summed E-state index contributed by atoms with van der Waals surface area (Å²) < 4.78 is 6.17. The zero-order valence-electron chi connectivity index (χ0n) is 19.4. The minimum Gasteiger partial charge on any atom is -0.490 e. The van der Waals surface area contributed by atoms with E-state index in [1.54, 1.807) is 0 Å². The Labute approximate surface area is 199 Å². The first kappa shape index (κ1) is 24.1. The summed E-state index contributed by atoms with van der Waals surface area (Å²) in [6, 6.07) is 16.4. The van der Waals surface area contributed by atoms with Crippen molar-refractivity contribution in [2.75, 3.05) is 26.2 Å². The smallest absolute Gasteiger partial charge is 0.290 e. The summed E-state index contributed by atoms with van der Waals surface area (Å²) in [5, 5.41) is 29.7. The van der Waals surface area contributed by atoms with Crippen LogP contribution in [-0.4, -0.2) is 70.1 Å². The molecule has 2 fully saturated rings. The number of carbonyl (C=O) groups is 1. The third-order valence-electron chi connectivity index (χ3n) is 6.79. The second kappa shape index (κ2) is 11.0. The molecule has 2 unspecified atom stereocenters. The maximum atomic E-state index is 10.7. The summed E-state index contributed by atoms with van der Waals surface area (Å²) in [6.45, 7) is 4.52. The number of nitrogens with zero attached hydrogens (tertiary/aromatic N) is 2. The summed E-state index contributed by atoms with van der Waals surface area (Å²) >= 11 is 0. The van der Waals surface area contributed by atoms with Gasteiger partial charge in [-0.2, -0.15) is 0 Å². The first-order chi connectivity index (χ1) is 16.5. The second-order valence-corrected chi connectivity index (χ2v) is 9.28. The predicted molar refractivity (Wildman–Crippen MR) is 131 cm³/mol. The van der Waals surface area contributed by atoms with Crippen LogP contribution in [0.2, 0.25) is 0 Å². The number of pyridine rings is 1. The molecule has 0 radical (unpaired) electrons. The van der Waals surface area contributed by atoms with E-state index >= 15 is 0 Å². The number of hydrogen-bond acceptors (Lipinski definition) is 6. The highest BCUT2D eigenvalue weighted by Crippen LogP contribution is 2.39. The van der Waals surface area contributed by atoms with Crippen molar-refractivity contribution in [3.05, 3.63) is 60.4 Å². The molecule has 2 aromatic carbocycles. The Morgan fingerprint density at radius 1 is 1.12 bits per heavy atom. The Balaban J connectivity index is 0.000000868. The van der Waals surface area contributed by atoms with Crippen LogP contribution in [0.3, 0.4) is 0 Å². The number of aliphatic hydroxyl groups excluding tert-OH is 2. The van der Waals surface area contributed by atoms with Crippen molar-refractivity contribution in [2.24, 2.45) is 11.8 Å². The molecule has 2 aliphatic rings. The molecule has 2 heterocycles. The van der Waals surface area contributed by atoms with Gasteiger partial charge in [-0.3, -0.25) is 9.78 Å². The van der Waals surface area contributed by atoms with Crippen LogP contribution >= 0.6 is 0 Å².